The first-order chi connectivity index (χ1) is 10.9. The summed E-state index contributed by atoms with van der Waals surface area (Å²) in [5.74, 6) is -0.607. The molecule has 2 heterocycles. The van der Waals surface area contributed by atoms with Crippen molar-refractivity contribution in [3.63, 3.8) is 0 Å². The number of amides is 3. The Kier molecular flexibility index (Phi) is 4.21. The third-order valence-corrected chi connectivity index (χ3v) is 5.02. The largest absolute Gasteiger partial charge is 0.345 e. The van der Waals surface area contributed by atoms with E-state index in [9.17, 15) is 14.4 Å². The molecule has 3 amide bonds. The van der Waals surface area contributed by atoms with Gasteiger partial charge in [0.05, 0.1) is 13.1 Å². The molecule has 8 heteroatoms. The number of hydrogen-bond donors (Lipinski definition) is 1. The number of benzene rings is 1. The van der Waals surface area contributed by atoms with Crippen molar-refractivity contribution in [3.8, 4) is 0 Å². The van der Waals surface area contributed by atoms with Gasteiger partial charge in [-0.1, -0.05) is 23.2 Å². The Bertz CT molecular complexity index is 684. The van der Waals surface area contributed by atoms with Crippen molar-refractivity contribution in [2.75, 3.05) is 26.2 Å². The topological polar surface area (TPSA) is 69.7 Å². The summed E-state index contributed by atoms with van der Waals surface area (Å²) < 4.78 is 0. The number of fused-ring (bicyclic) bond motifs is 1. The van der Waals surface area contributed by atoms with E-state index >= 15 is 0 Å². The van der Waals surface area contributed by atoms with Crippen molar-refractivity contribution in [1.29, 1.82) is 0 Å². The fourth-order valence-electron chi connectivity index (χ4n) is 2.82. The van der Waals surface area contributed by atoms with E-state index in [2.05, 4.69) is 5.32 Å². The van der Waals surface area contributed by atoms with Gasteiger partial charge in [-0.05, 0) is 24.6 Å². The number of carbonyl (C=O) groups excluding carboxylic acids is 3. The van der Waals surface area contributed by atoms with Crippen LogP contribution in [0.3, 0.4) is 0 Å². The summed E-state index contributed by atoms with van der Waals surface area (Å²) in [4.78, 5) is 39.5. The van der Waals surface area contributed by atoms with Gasteiger partial charge in [0.1, 0.15) is 6.04 Å². The number of piperazine rings is 2. The minimum atomic E-state index is -0.634. The molecular formula is C15H15Cl2N3O3. The minimum absolute atomic E-state index is 0.0203. The van der Waals surface area contributed by atoms with Crippen LogP contribution in [0.15, 0.2) is 12.1 Å². The molecule has 1 aromatic rings. The van der Waals surface area contributed by atoms with Gasteiger partial charge in [-0.15, -0.1) is 0 Å². The van der Waals surface area contributed by atoms with Crippen LogP contribution in [0.5, 0.6) is 0 Å². The molecular weight excluding hydrogens is 341 g/mol. The Balaban J connectivity index is 1.81. The van der Waals surface area contributed by atoms with Crippen molar-refractivity contribution in [3.05, 3.63) is 33.3 Å². The summed E-state index contributed by atoms with van der Waals surface area (Å²) in [6, 6.07) is 2.51. The van der Waals surface area contributed by atoms with Crippen molar-refractivity contribution in [2.45, 2.75) is 13.0 Å². The normalized spacial score (nSPS) is 21.1. The van der Waals surface area contributed by atoms with Gasteiger partial charge >= 0.3 is 0 Å². The lowest BCUT2D eigenvalue weighted by atomic mass is 10.1. The van der Waals surface area contributed by atoms with Crippen LogP contribution in [0, 0.1) is 6.92 Å². The van der Waals surface area contributed by atoms with Gasteiger partial charge in [0.2, 0.25) is 11.8 Å². The zero-order valence-corrected chi connectivity index (χ0v) is 13.9. The predicted octanol–water partition coefficient (Wildman–Crippen LogP) is 1.08. The average Bonchev–Trinajstić information content (AvgIpc) is 2.54. The van der Waals surface area contributed by atoms with Crippen molar-refractivity contribution >= 4 is 40.9 Å². The van der Waals surface area contributed by atoms with Gasteiger partial charge in [-0.3, -0.25) is 14.4 Å². The molecule has 6 nitrogen and oxygen atoms in total. The summed E-state index contributed by atoms with van der Waals surface area (Å²) in [7, 11) is 0. The van der Waals surface area contributed by atoms with Crippen LogP contribution < -0.4 is 5.32 Å². The van der Waals surface area contributed by atoms with Crippen molar-refractivity contribution in [1.82, 2.24) is 15.1 Å². The first-order valence-electron chi connectivity index (χ1n) is 7.20. The van der Waals surface area contributed by atoms with Crippen LogP contribution >= 0.6 is 23.2 Å². The zero-order valence-electron chi connectivity index (χ0n) is 12.4. The molecule has 3 rings (SSSR count). The van der Waals surface area contributed by atoms with Crippen LogP contribution in [0.2, 0.25) is 10.0 Å². The molecule has 0 saturated carbocycles. The van der Waals surface area contributed by atoms with Gasteiger partial charge in [0, 0.05) is 28.7 Å². The summed E-state index contributed by atoms with van der Waals surface area (Å²) in [5, 5.41) is 3.39. The minimum Gasteiger partial charge on any atom is -0.345 e. The van der Waals surface area contributed by atoms with Gasteiger partial charge < -0.3 is 15.1 Å². The molecule has 1 aromatic carbocycles. The number of carbonyl (C=O) groups is 3. The Morgan fingerprint density at radius 2 is 1.87 bits per heavy atom. The fourth-order valence-corrected chi connectivity index (χ4v) is 3.31. The maximum atomic E-state index is 12.7. The molecule has 2 aliphatic rings. The molecule has 122 valence electrons. The van der Waals surface area contributed by atoms with E-state index in [-0.39, 0.29) is 30.8 Å². The molecule has 2 aliphatic heterocycles. The maximum absolute atomic E-state index is 12.7. The molecule has 0 aliphatic carbocycles. The second-order valence-corrected chi connectivity index (χ2v) is 6.45. The lowest BCUT2D eigenvalue weighted by Crippen LogP contribution is -2.66. The molecule has 0 aromatic heterocycles. The van der Waals surface area contributed by atoms with Crippen LogP contribution in [-0.2, 0) is 9.59 Å². The van der Waals surface area contributed by atoms with E-state index in [1.807, 2.05) is 0 Å². The SMILES string of the molecule is Cc1c(Cl)cc(C(=O)N2CCN3C(=O)CNC(=O)[C@@H]3C2)cc1Cl. The highest BCUT2D eigenvalue weighted by atomic mass is 35.5. The molecule has 0 radical (unpaired) electrons. The molecule has 0 bridgehead atoms. The lowest BCUT2D eigenvalue weighted by Gasteiger charge is -2.42. The highest BCUT2D eigenvalue weighted by Crippen LogP contribution is 2.27. The van der Waals surface area contributed by atoms with E-state index in [0.29, 0.717) is 34.3 Å². The lowest BCUT2D eigenvalue weighted by molar-refractivity contribution is -0.148. The summed E-state index contributed by atoms with van der Waals surface area (Å²) in [6.45, 7) is 2.68. The summed E-state index contributed by atoms with van der Waals surface area (Å²) in [6.07, 6.45) is 0. The fraction of sp³-hybridized carbons (Fsp3) is 0.400. The smallest absolute Gasteiger partial charge is 0.254 e. The molecule has 1 N–H and O–H groups in total. The van der Waals surface area contributed by atoms with E-state index < -0.39 is 6.04 Å². The van der Waals surface area contributed by atoms with Crippen molar-refractivity contribution < 1.29 is 14.4 Å². The molecule has 23 heavy (non-hydrogen) atoms. The Morgan fingerprint density at radius 1 is 1.22 bits per heavy atom. The molecule has 1 atom stereocenters. The van der Waals surface area contributed by atoms with Gasteiger partial charge in [-0.2, -0.15) is 0 Å². The number of nitrogens with zero attached hydrogens (tertiary/aromatic N) is 2. The number of rotatable bonds is 1. The third-order valence-electron chi connectivity index (χ3n) is 4.23. The first kappa shape index (κ1) is 16.1. The molecule has 0 spiro atoms. The van der Waals surface area contributed by atoms with Crippen LogP contribution in [0.4, 0.5) is 0 Å². The predicted molar refractivity (Wildman–Crippen MR) is 85.6 cm³/mol. The van der Waals surface area contributed by atoms with E-state index in [1.165, 1.54) is 4.90 Å². The quantitative estimate of drug-likeness (QED) is 0.819. The molecule has 2 fully saturated rings. The van der Waals surface area contributed by atoms with Crippen molar-refractivity contribution in [2.24, 2.45) is 0 Å². The van der Waals surface area contributed by atoms with E-state index in [4.69, 9.17) is 23.2 Å². The van der Waals surface area contributed by atoms with Crippen LogP contribution in [0.25, 0.3) is 0 Å². The van der Waals surface area contributed by atoms with Gasteiger partial charge in [-0.25, -0.2) is 0 Å². The molecule has 0 unspecified atom stereocenters. The highest BCUT2D eigenvalue weighted by molar-refractivity contribution is 6.36. The van der Waals surface area contributed by atoms with Gasteiger partial charge in [0.25, 0.3) is 5.91 Å². The van der Waals surface area contributed by atoms with Crippen LogP contribution in [-0.4, -0.2) is 59.7 Å². The van der Waals surface area contributed by atoms with E-state index in [0.717, 1.165) is 0 Å². The number of hydrogen-bond acceptors (Lipinski definition) is 3. The Labute approximate surface area is 143 Å². The second-order valence-electron chi connectivity index (χ2n) is 5.64. The Hall–Kier alpha value is -1.79. The van der Waals surface area contributed by atoms with Gasteiger partial charge in [0.15, 0.2) is 0 Å². The average molecular weight is 356 g/mol. The number of halogens is 2. The maximum Gasteiger partial charge on any atom is 0.254 e. The number of nitrogens with one attached hydrogen (secondary N) is 1. The highest BCUT2D eigenvalue weighted by Gasteiger charge is 2.40. The summed E-state index contributed by atoms with van der Waals surface area (Å²) in [5.41, 5.74) is 1.09. The third kappa shape index (κ3) is 2.88. The molecule has 2 saturated heterocycles. The standard InChI is InChI=1S/C15H15Cl2N3O3/c1-8-10(16)4-9(5-11(8)17)15(23)19-2-3-20-12(7-19)14(22)18-6-13(20)21/h4-5,12H,2-3,6-7H2,1H3,(H,18,22)/t12-/m0/s1. The second kappa shape index (κ2) is 6.02. The zero-order chi connectivity index (χ0) is 16.7. The first-order valence-corrected chi connectivity index (χ1v) is 7.96. The Morgan fingerprint density at radius 3 is 2.52 bits per heavy atom. The van der Waals surface area contributed by atoms with E-state index in [1.54, 1.807) is 24.0 Å². The monoisotopic (exact) mass is 355 g/mol. The summed E-state index contributed by atoms with van der Waals surface area (Å²) >= 11 is 12.2. The van der Waals surface area contributed by atoms with Crippen LogP contribution in [0.1, 0.15) is 15.9 Å².